The van der Waals surface area contributed by atoms with Crippen LogP contribution >= 0.6 is 0 Å². The van der Waals surface area contributed by atoms with Crippen molar-refractivity contribution in [3.63, 3.8) is 0 Å². The average Bonchev–Trinajstić information content (AvgIpc) is 3.01. The molecule has 22 heavy (non-hydrogen) atoms. The van der Waals surface area contributed by atoms with E-state index in [0.29, 0.717) is 5.92 Å². The highest BCUT2D eigenvalue weighted by Crippen LogP contribution is 2.27. The number of carbonyl (C=O) groups excluding carboxylic acids is 1. The third kappa shape index (κ3) is 3.33. The fraction of sp³-hybridized carbons (Fsp3) is 0.438. The third-order valence-electron chi connectivity index (χ3n) is 4.21. The molecule has 1 fully saturated rings. The number of likely N-dealkylation sites (tertiary alicyclic amines) is 1. The summed E-state index contributed by atoms with van der Waals surface area (Å²) in [5.74, 6) is 0.175. The summed E-state index contributed by atoms with van der Waals surface area (Å²) in [5.41, 5.74) is 6.64. The number of hydrogen-bond acceptors (Lipinski definition) is 4. The molecule has 1 aliphatic heterocycles. The van der Waals surface area contributed by atoms with Gasteiger partial charge in [0.2, 0.25) is 5.91 Å². The van der Waals surface area contributed by atoms with Crippen molar-refractivity contribution in [2.24, 2.45) is 11.7 Å². The number of nitrogens with zero attached hydrogens (tertiary/aromatic N) is 4. The van der Waals surface area contributed by atoms with Crippen molar-refractivity contribution in [3.8, 4) is 0 Å². The van der Waals surface area contributed by atoms with E-state index in [0.717, 1.165) is 38.0 Å². The molecule has 3 rings (SSSR count). The Balaban J connectivity index is 1.73. The molecule has 2 N–H and O–H groups in total. The van der Waals surface area contributed by atoms with Crippen molar-refractivity contribution in [2.75, 3.05) is 13.1 Å². The molecule has 6 nitrogen and oxygen atoms in total. The van der Waals surface area contributed by atoms with Crippen LogP contribution in [0.2, 0.25) is 0 Å². The Bertz CT molecular complexity index is 598. The number of benzene rings is 1. The van der Waals surface area contributed by atoms with E-state index in [2.05, 4.69) is 15.0 Å². The van der Waals surface area contributed by atoms with Gasteiger partial charge < -0.3 is 5.73 Å². The van der Waals surface area contributed by atoms with Gasteiger partial charge in [0.1, 0.15) is 18.7 Å². The molecule has 0 spiro atoms. The lowest BCUT2D eigenvalue weighted by atomic mass is 9.94. The topological polar surface area (TPSA) is 77.0 Å². The quantitative estimate of drug-likeness (QED) is 0.900. The summed E-state index contributed by atoms with van der Waals surface area (Å²) >= 11 is 0. The van der Waals surface area contributed by atoms with Crippen molar-refractivity contribution in [1.82, 2.24) is 19.7 Å². The van der Waals surface area contributed by atoms with Gasteiger partial charge in [0.25, 0.3) is 0 Å². The van der Waals surface area contributed by atoms with Crippen LogP contribution in [0.1, 0.15) is 24.4 Å². The first-order valence-corrected chi connectivity index (χ1v) is 7.65. The van der Waals surface area contributed by atoms with Crippen molar-refractivity contribution in [2.45, 2.75) is 25.4 Å². The van der Waals surface area contributed by atoms with Gasteiger partial charge in [0.15, 0.2) is 0 Å². The maximum absolute atomic E-state index is 12.0. The molecule has 1 saturated heterocycles. The van der Waals surface area contributed by atoms with Crippen molar-refractivity contribution in [1.29, 1.82) is 0 Å². The fourth-order valence-corrected chi connectivity index (χ4v) is 3.26. The fourth-order valence-electron chi connectivity index (χ4n) is 3.26. The van der Waals surface area contributed by atoms with Crippen LogP contribution in [0.25, 0.3) is 0 Å². The van der Waals surface area contributed by atoms with E-state index >= 15 is 0 Å². The van der Waals surface area contributed by atoms with Crippen LogP contribution in [-0.2, 0) is 11.3 Å². The van der Waals surface area contributed by atoms with E-state index in [-0.39, 0.29) is 11.9 Å². The van der Waals surface area contributed by atoms with Gasteiger partial charge in [-0.1, -0.05) is 30.3 Å². The van der Waals surface area contributed by atoms with E-state index < -0.39 is 0 Å². The molecule has 0 radical (unpaired) electrons. The standard InChI is InChI=1S/C16H21N5O/c17-16(22)15(14-6-2-1-3-7-14)20-8-4-5-13(9-20)10-21-12-18-11-19-21/h1-3,6-7,11-13,15H,4-5,8-10H2,(H2,17,22)/t13-,15-/m1/s1. The van der Waals surface area contributed by atoms with Crippen molar-refractivity contribution in [3.05, 3.63) is 48.5 Å². The Morgan fingerprint density at radius 3 is 2.86 bits per heavy atom. The number of aromatic nitrogens is 3. The molecule has 2 heterocycles. The normalized spacial score (nSPS) is 20.6. The van der Waals surface area contributed by atoms with E-state index in [4.69, 9.17) is 5.73 Å². The average molecular weight is 299 g/mol. The first-order chi connectivity index (χ1) is 10.7. The maximum atomic E-state index is 12.0. The second-order valence-corrected chi connectivity index (χ2v) is 5.84. The van der Waals surface area contributed by atoms with Gasteiger partial charge in [-0.15, -0.1) is 0 Å². The third-order valence-corrected chi connectivity index (χ3v) is 4.21. The highest BCUT2D eigenvalue weighted by atomic mass is 16.1. The van der Waals surface area contributed by atoms with Crippen molar-refractivity contribution < 1.29 is 4.79 Å². The van der Waals surface area contributed by atoms with E-state index in [9.17, 15) is 4.79 Å². The summed E-state index contributed by atoms with van der Waals surface area (Å²) in [6, 6.07) is 9.43. The number of rotatable bonds is 5. The van der Waals surface area contributed by atoms with Crippen LogP contribution in [0.15, 0.2) is 43.0 Å². The summed E-state index contributed by atoms with van der Waals surface area (Å²) in [4.78, 5) is 18.2. The zero-order valence-electron chi connectivity index (χ0n) is 12.5. The lowest BCUT2D eigenvalue weighted by molar-refractivity contribution is -0.124. The predicted molar refractivity (Wildman–Crippen MR) is 82.7 cm³/mol. The van der Waals surface area contributed by atoms with Gasteiger partial charge in [-0.2, -0.15) is 5.10 Å². The molecule has 6 heteroatoms. The van der Waals surface area contributed by atoms with Gasteiger partial charge in [-0.05, 0) is 30.9 Å². The summed E-state index contributed by atoms with van der Waals surface area (Å²) < 4.78 is 1.86. The minimum absolute atomic E-state index is 0.285. The zero-order chi connectivity index (χ0) is 15.4. The van der Waals surface area contributed by atoms with Crippen LogP contribution in [0, 0.1) is 5.92 Å². The number of primary amides is 1. The molecule has 2 atom stereocenters. The summed E-state index contributed by atoms with van der Waals surface area (Å²) in [5, 5.41) is 4.17. The van der Waals surface area contributed by atoms with Crippen LogP contribution in [0.4, 0.5) is 0 Å². The number of nitrogens with two attached hydrogens (primary N) is 1. The van der Waals surface area contributed by atoms with Crippen LogP contribution in [0.3, 0.4) is 0 Å². The zero-order valence-corrected chi connectivity index (χ0v) is 12.5. The number of piperidine rings is 1. The summed E-state index contributed by atoms with van der Waals surface area (Å²) in [6.45, 7) is 2.58. The largest absolute Gasteiger partial charge is 0.368 e. The highest BCUT2D eigenvalue weighted by molar-refractivity contribution is 5.81. The predicted octanol–water partition coefficient (Wildman–Crippen LogP) is 1.22. The highest BCUT2D eigenvalue weighted by Gasteiger charge is 2.30. The Morgan fingerprint density at radius 2 is 2.18 bits per heavy atom. The van der Waals surface area contributed by atoms with E-state index in [1.54, 1.807) is 12.7 Å². The second-order valence-electron chi connectivity index (χ2n) is 5.84. The molecule has 0 unspecified atom stereocenters. The van der Waals surface area contributed by atoms with Crippen LogP contribution in [-0.4, -0.2) is 38.7 Å². The van der Waals surface area contributed by atoms with Gasteiger partial charge in [-0.25, -0.2) is 4.98 Å². The lowest BCUT2D eigenvalue weighted by Crippen LogP contribution is -2.44. The molecule has 1 aromatic heterocycles. The lowest BCUT2D eigenvalue weighted by Gasteiger charge is -2.37. The molecule has 1 aromatic carbocycles. The summed E-state index contributed by atoms with van der Waals surface area (Å²) in [7, 11) is 0. The minimum atomic E-state index is -0.347. The molecule has 1 amide bonds. The molecule has 0 bridgehead atoms. The van der Waals surface area contributed by atoms with E-state index in [1.807, 2.05) is 35.0 Å². The van der Waals surface area contributed by atoms with Gasteiger partial charge >= 0.3 is 0 Å². The number of carbonyl (C=O) groups is 1. The molecule has 1 aliphatic rings. The first-order valence-electron chi connectivity index (χ1n) is 7.65. The monoisotopic (exact) mass is 299 g/mol. The van der Waals surface area contributed by atoms with Gasteiger partial charge in [-0.3, -0.25) is 14.4 Å². The maximum Gasteiger partial charge on any atom is 0.239 e. The molecule has 0 saturated carbocycles. The van der Waals surface area contributed by atoms with E-state index in [1.165, 1.54) is 0 Å². The second kappa shape index (κ2) is 6.70. The molecule has 2 aromatic rings. The minimum Gasteiger partial charge on any atom is -0.368 e. The number of hydrogen-bond donors (Lipinski definition) is 1. The molecule has 0 aliphatic carbocycles. The Morgan fingerprint density at radius 1 is 1.36 bits per heavy atom. The van der Waals surface area contributed by atoms with Gasteiger partial charge in [0.05, 0.1) is 0 Å². The Labute approximate surface area is 129 Å². The molecule has 116 valence electrons. The molecular weight excluding hydrogens is 278 g/mol. The first kappa shape index (κ1) is 14.7. The SMILES string of the molecule is NC(=O)[C@@H](c1ccccc1)N1CCC[C@@H](Cn2cncn2)C1. The van der Waals surface area contributed by atoms with Crippen LogP contribution in [0.5, 0.6) is 0 Å². The van der Waals surface area contributed by atoms with Crippen molar-refractivity contribution >= 4 is 5.91 Å². The van der Waals surface area contributed by atoms with Gasteiger partial charge in [0, 0.05) is 13.1 Å². The Kier molecular flexibility index (Phi) is 4.48. The Hall–Kier alpha value is -2.21. The number of amides is 1. The summed E-state index contributed by atoms with van der Waals surface area (Å²) in [6.07, 6.45) is 5.49. The van der Waals surface area contributed by atoms with Crippen LogP contribution < -0.4 is 5.73 Å². The smallest absolute Gasteiger partial charge is 0.239 e. The molecular formula is C16H21N5O.